The van der Waals surface area contributed by atoms with Gasteiger partial charge in [-0.05, 0) is 42.7 Å². The van der Waals surface area contributed by atoms with E-state index in [1.165, 1.54) is 12.1 Å². The third kappa shape index (κ3) is 4.12. The van der Waals surface area contributed by atoms with Crippen LogP contribution >= 0.6 is 0 Å². The Kier molecular flexibility index (Phi) is 5.36. The number of benzene rings is 2. The van der Waals surface area contributed by atoms with Crippen molar-refractivity contribution in [2.75, 3.05) is 31.6 Å². The largest absolute Gasteiger partial charge is 0.395 e. The number of fused-ring (bicyclic) bond motifs is 1. The SMILES string of the molecule is OCCN1CCC(Nc2nc3ccccc3n2Cc2ccc(F)cc2)CC1. The van der Waals surface area contributed by atoms with Gasteiger partial charge in [-0.1, -0.05) is 24.3 Å². The number of para-hydroxylation sites is 2. The number of rotatable bonds is 6. The molecule has 0 bridgehead atoms. The summed E-state index contributed by atoms with van der Waals surface area (Å²) in [4.78, 5) is 7.09. The van der Waals surface area contributed by atoms with E-state index in [0.29, 0.717) is 12.6 Å². The lowest BCUT2D eigenvalue weighted by atomic mass is 10.1. The Hall–Kier alpha value is -2.44. The second-order valence-corrected chi connectivity index (χ2v) is 7.12. The number of nitrogens with zero attached hydrogens (tertiary/aromatic N) is 3. The van der Waals surface area contributed by atoms with E-state index >= 15 is 0 Å². The monoisotopic (exact) mass is 368 g/mol. The fourth-order valence-corrected chi connectivity index (χ4v) is 3.74. The summed E-state index contributed by atoms with van der Waals surface area (Å²) in [7, 11) is 0. The van der Waals surface area contributed by atoms with Crippen molar-refractivity contribution < 1.29 is 9.50 Å². The van der Waals surface area contributed by atoms with Gasteiger partial charge in [0.1, 0.15) is 5.82 Å². The Labute approximate surface area is 158 Å². The van der Waals surface area contributed by atoms with Crippen molar-refractivity contribution in [3.8, 4) is 0 Å². The predicted octanol–water partition coefficient (Wildman–Crippen LogP) is 3.09. The standard InChI is InChI=1S/C21H25FN4O/c22-17-7-5-16(6-8-17)15-26-20-4-2-1-3-19(20)24-21(26)23-18-9-11-25(12-10-18)13-14-27/h1-8,18,27H,9-15H2,(H,23,24). The molecule has 3 aromatic rings. The zero-order valence-corrected chi connectivity index (χ0v) is 15.3. The van der Waals surface area contributed by atoms with Crippen LogP contribution in [0.25, 0.3) is 11.0 Å². The van der Waals surface area contributed by atoms with E-state index in [2.05, 4.69) is 20.9 Å². The van der Waals surface area contributed by atoms with Gasteiger partial charge in [-0.15, -0.1) is 0 Å². The summed E-state index contributed by atoms with van der Waals surface area (Å²) >= 11 is 0. The van der Waals surface area contributed by atoms with E-state index in [9.17, 15) is 4.39 Å². The van der Waals surface area contributed by atoms with Gasteiger partial charge in [0.2, 0.25) is 5.95 Å². The van der Waals surface area contributed by atoms with Gasteiger partial charge >= 0.3 is 0 Å². The van der Waals surface area contributed by atoms with Gasteiger partial charge in [0.15, 0.2) is 0 Å². The van der Waals surface area contributed by atoms with Crippen LogP contribution in [0.15, 0.2) is 48.5 Å². The van der Waals surface area contributed by atoms with Crippen LogP contribution in [-0.2, 0) is 6.54 Å². The number of hydrogen-bond donors (Lipinski definition) is 2. The van der Waals surface area contributed by atoms with Crippen LogP contribution in [-0.4, -0.2) is 51.8 Å². The minimum Gasteiger partial charge on any atom is -0.395 e. The van der Waals surface area contributed by atoms with Gasteiger partial charge in [0, 0.05) is 25.7 Å². The maximum atomic E-state index is 13.2. The van der Waals surface area contributed by atoms with E-state index < -0.39 is 0 Å². The number of aromatic nitrogens is 2. The molecule has 0 radical (unpaired) electrons. The molecule has 1 aliphatic heterocycles. The highest BCUT2D eigenvalue weighted by molar-refractivity contribution is 5.78. The van der Waals surface area contributed by atoms with Crippen molar-refractivity contribution in [2.45, 2.75) is 25.4 Å². The number of nitrogens with one attached hydrogen (secondary N) is 1. The molecule has 0 unspecified atom stereocenters. The fraction of sp³-hybridized carbons (Fsp3) is 0.381. The predicted molar refractivity (Wildman–Crippen MR) is 105 cm³/mol. The topological polar surface area (TPSA) is 53.3 Å². The van der Waals surface area contributed by atoms with Gasteiger partial charge in [-0.2, -0.15) is 0 Å². The van der Waals surface area contributed by atoms with Crippen molar-refractivity contribution in [1.82, 2.24) is 14.5 Å². The molecule has 1 saturated heterocycles. The molecule has 1 fully saturated rings. The highest BCUT2D eigenvalue weighted by Crippen LogP contribution is 2.24. The van der Waals surface area contributed by atoms with Gasteiger partial charge in [-0.3, -0.25) is 0 Å². The number of imidazole rings is 1. The molecular weight excluding hydrogens is 343 g/mol. The average Bonchev–Trinajstić information content (AvgIpc) is 3.02. The molecule has 4 rings (SSSR count). The number of aliphatic hydroxyl groups is 1. The third-order valence-electron chi connectivity index (χ3n) is 5.25. The summed E-state index contributed by atoms with van der Waals surface area (Å²) in [6.45, 7) is 3.57. The maximum absolute atomic E-state index is 13.2. The first kappa shape index (κ1) is 17.9. The minimum absolute atomic E-state index is 0.214. The summed E-state index contributed by atoms with van der Waals surface area (Å²) in [5.74, 6) is 0.642. The van der Waals surface area contributed by atoms with Crippen LogP contribution in [0.1, 0.15) is 18.4 Å². The number of hydrogen-bond acceptors (Lipinski definition) is 4. The van der Waals surface area contributed by atoms with Crippen molar-refractivity contribution in [3.05, 3.63) is 59.9 Å². The number of aliphatic hydroxyl groups excluding tert-OH is 1. The molecule has 2 N–H and O–H groups in total. The highest BCUT2D eigenvalue weighted by Gasteiger charge is 2.21. The first-order valence-electron chi connectivity index (χ1n) is 9.52. The molecule has 5 nitrogen and oxygen atoms in total. The summed E-state index contributed by atoms with van der Waals surface area (Å²) < 4.78 is 15.4. The van der Waals surface area contributed by atoms with E-state index in [-0.39, 0.29) is 12.4 Å². The third-order valence-corrected chi connectivity index (χ3v) is 5.25. The molecule has 27 heavy (non-hydrogen) atoms. The van der Waals surface area contributed by atoms with E-state index in [1.807, 2.05) is 30.3 Å². The van der Waals surface area contributed by atoms with E-state index in [4.69, 9.17) is 10.1 Å². The zero-order chi connectivity index (χ0) is 18.6. The summed E-state index contributed by atoms with van der Waals surface area (Å²) in [6, 6.07) is 15.1. The van der Waals surface area contributed by atoms with Crippen molar-refractivity contribution >= 4 is 17.0 Å². The molecule has 0 spiro atoms. The maximum Gasteiger partial charge on any atom is 0.204 e. The number of piperidine rings is 1. The molecule has 1 aromatic heterocycles. The number of β-amino-alcohol motifs (C(OH)–C–C–N with tert-alkyl or cyclic N) is 1. The molecule has 1 aliphatic rings. The van der Waals surface area contributed by atoms with Gasteiger partial charge in [0.05, 0.1) is 24.2 Å². The van der Waals surface area contributed by atoms with Gasteiger partial charge < -0.3 is 19.9 Å². The van der Waals surface area contributed by atoms with Gasteiger partial charge in [0.25, 0.3) is 0 Å². The normalized spacial score (nSPS) is 16.1. The molecule has 0 saturated carbocycles. The van der Waals surface area contributed by atoms with E-state index in [0.717, 1.165) is 55.0 Å². The minimum atomic E-state index is -0.220. The Balaban J connectivity index is 1.56. The lowest BCUT2D eigenvalue weighted by Crippen LogP contribution is -2.40. The first-order valence-corrected chi connectivity index (χ1v) is 9.52. The van der Waals surface area contributed by atoms with Crippen LogP contribution in [0.2, 0.25) is 0 Å². The highest BCUT2D eigenvalue weighted by atomic mass is 19.1. The quantitative estimate of drug-likeness (QED) is 0.702. The van der Waals surface area contributed by atoms with Crippen LogP contribution in [0.3, 0.4) is 0 Å². The lowest BCUT2D eigenvalue weighted by molar-refractivity contribution is 0.168. The Morgan fingerprint density at radius 3 is 2.56 bits per heavy atom. The molecule has 0 amide bonds. The molecule has 6 heteroatoms. The Bertz CT molecular complexity index is 885. The van der Waals surface area contributed by atoms with Crippen molar-refractivity contribution in [1.29, 1.82) is 0 Å². The number of halogens is 1. The Morgan fingerprint density at radius 1 is 1.07 bits per heavy atom. The number of anilines is 1. The number of likely N-dealkylation sites (tertiary alicyclic amines) is 1. The molecule has 0 atom stereocenters. The lowest BCUT2D eigenvalue weighted by Gasteiger charge is -2.32. The van der Waals surface area contributed by atoms with Crippen LogP contribution in [0.5, 0.6) is 0 Å². The molecule has 0 aliphatic carbocycles. The Morgan fingerprint density at radius 2 is 1.81 bits per heavy atom. The summed E-state index contributed by atoms with van der Waals surface area (Å²) in [5.41, 5.74) is 3.07. The second-order valence-electron chi connectivity index (χ2n) is 7.12. The van der Waals surface area contributed by atoms with Gasteiger partial charge in [-0.25, -0.2) is 9.37 Å². The zero-order valence-electron chi connectivity index (χ0n) is 15.3. The molecule has 2 aromatic carbocycles. The van der Waals surface area contributed by atoms with Crippen LogP contribution in [0.4, 0.5) is 10.3 Å². The summed E-state index contributed by atoms with van der Waals surface area (Å²) in [6.07, 6.45) is 2.06. The van der Waals surface area contributed by atoms with Crippen molar-refractivity contribution in [2.24, 2.45) is 0 Å². The molecule has 142 valence electrons. The second kappa shape index (κ2) is 8.06. The van der Waals surface area contributed by atoms with Crippen LogP contribution in [0, 0.1) is 5.82 Å². The molecular formula is C21H25FN4O. The van der Waals surface area contributed by atoms with Crippen molar-refractivity contribution in [3.63, 3.8) is 0 Å². The fourth-order valence-electron chi connectivity index (χ4n) is 3.74. The molecule has 2 heterocycles. The van der Waals surface area contributed by atoms with E-state index in [1.54, 1.807) is 0 Å². The first-order chi connectivity index (χ1) is 13.2. The smallest absolute Gasteiger partial charge is 0.204 e. The van der Waals surface area contributed by atoms with Crippen LogP contribution < -0.4 is 5.32 Å². The average molecular weight is 368 g/mol. The summed E-state index contributed by atoms with van der Waals surface area (Å²) in [5, 5.41) is 12.7.